The molecule has 0 radical (unpaired) electrons. The zero-order valence-corrected chi connectivity index (χ0v) is 10.1. The summed E-state index contributed by atoms with van der Waals surface area (Å²) in [7, 11) is 0. The third-order valence-corrected chi connectivity index (χ3v) is 2.17. The van der Waals surface area contributed by atoms with Gasteiger partial charge in [-0.2, -0.15) is 5.10 Å². The average Bonchev–Trinajstić information content (AvgIpc) is 2.64. The molecular formula is C11H19N3O2. The number of hydrogen-bond donors (Lipinski definition) is 1. The Morgan fingerprint density at radius 2 is 2.38 bits per heavy atom. The predicted octanol–water partition coefficient (Wildman–Crippen LogP) is 0.733. The van der Waals surface area contributed by atoms with Crippen LogP contribution in [0.15, 0.2) is 12.3 Å². The van der Waals surface area contributed by atoms with Crippen LogP contribution in [0.4, 0.5) is 0 Å². The van der Waals surface area contributed by atoms with Crippen LogP contribution in [0.1, 0.15) is 19.5 Å². The van der Waals surface area contributed by atoms with Crippen molar-refractivity contribution in [2.24, 2.45) is 0 Å². The number of carbonyl (C=O) groups excluding carboxylic acids is 1. The molecule has 90 valence electrons. The van der Waals surface area contributed by atoms with Gasteiger partial charge >= 0.3 is 5.97 Å². The van der Waals surface area contributed by atoms with Crippen molar-refractivity contribution in [3.05, 3.63) is 18.0 Å². The second-order valence-electron chi connectivity index (χ2n) is 3.54. The van der Waals surface area contributed by atoms with Crippen molar-refractivity contribution in [2.45, 2.75) is 33.4 Å². The highest BCUT2D eigenvalue weighted by Gasteiger charge is 2.19. The highest BCUT2D eigenvalue weighted by atomic mass is 16.5. The summed E-state index contributed by atoms with van der Waals surface area (Å²) >= 11 is 0. The minimum atomic E-state index is -0.329. The summed E-state index contributed by atoms with van der Waals surface area (Å²) in [5.41, 5.74) is 0.944. The molecule has 0 bridgehead atoms. The van der Waals surface area contributed by atoms with Crippen LogP contribution >= 0.6 is 0 Å². The smallest absolute Gasteiger partial charge is 0.325 e. The van der Waals surface area contributed by atoms with Crippen LogP contribution in [0.25, 0.3) is 0 Å². The van der Waals surface area contributed by atoms with E-state index in [-0.39, 0.29) is 12.0 Å². The van der Waals surface area contributed by atoms with Gasteiger partial charge in [0.25, 0.3) is 0 Å². The van der Waals surface area contributed by atoms with Crippen molar-refractivity contribution in [3.63, 3.8) is 0 Å². The zero-order valence-electron chi connectivity index (χ0n) is 10.1. The fourth-order valence-electron chi connectivity index (χ4n) is 1.46. The zero-order chi connectivity index (χ0) is 12.0. The molecular weight excluding hydrogens is 206 g/mol. The van der Waals surface area contributed by atoms with Gasteiger partial charge in [0, 0.05) is 6.20 Å². The third kappa shape index (κ3) is 3.66. The van der Waals surface area contributed by atoms with E-state index in [1.54, 1.807) is 11.6 Å². The molecule has 0 aliphatic carbocycles. The maximum absolute atomic E-state index is 11.6. The minimum Gasteiger partial charge on any atom is -0.465 e. The first-order chi connectivity index (χ1) is 7.67. The van der Waals surface area contributed by atoms with Crippen LogP contribution in [0, 0.1) is 6.92 Å². The van der Waals surface area contributed by atoms with Gasteiger partial charge in [-0.3, -0.25) is 9.48 Å². The highest BCUT2D eigenvalue weighted by molar-refractivity contribution is 5.75. The second kappa shape index (κ2) is 6.27. The van der Waals surface area contributed by atoms with E-state index in [9.17, 15) is 4.79 Å². The van der Waals surface area contributed by atoms with Crippen molar-refractivity contribution in [1.29, 1.82) is 0 Å². The van der Waals surface area contributed by atoms with Gasteiger partial charge in [-0.05, 0) is 26.5 Å². The fourth-order valence-corrected chi connectivity index (χ4v) is 1.46. The van der Waals surface area contributed by atoms with Crippen LogP contribution in [-0.2, 0) is 16.1 Å². The van der Waals surface area contributed by atoms with Crippen LogP contribution in [0.5, 0.6) is 0 Å². The Hall–Kier alpha value is -1.36. The number of carbonyl (C=O) groups is 1. The summed E-state index contributed by atoms with van der Waals surface area (Å²) < 4.78 is 6.74. The summed E-state index contributed by atoms with van der Waals surface area (Å²) in [6, 6.07) is 1.58. The minimum absolute atomic E-state index is 0.225. The van der Waals surface area contributed by atoms with Crippen molar-refractivity contribution in [2.75, 3.05) is 13.2 Å². The summed E-state index contributed by atoms with van der Waals surface area (Å²) in [4.78, 5) is 11.6. The van der Waals surface area contributed by atoms with Crippen LogP contribution < -0.4 is 5.32 Å². The van der Waals surface area contributed by atoms with Crippen molar-refractivity contribution < 1.29 is 9.53 Å². The highest BCUT2D eigenvalue weighted by Crippen LogP contribution is 1.98. The van der Waals surface area contributed by atoms with Gasteiger partial charge < -0.3 is 10.1 Å². The van der Waals surface area contributed by atoms with Gasteiger partial charge in [0.05, 0.1) is 18.8 Å². The quantitative estimate of drug-likeness (QED) is 0.725. The summed E-state index contributed by atoms with van der Waals surface area (Å²) in [6.45, 7) is 7.31. The molecule has 5 heteroatoms. The lowest BCUT2D eigenvalue weighted by molar-refractivity contribution is -0.146. The summed E-state index contributed by atoms with van der Waals surface area (Å²) in [6.07, 6.45) is 1.86. The number of rotatable bonds is 6. The monoisotopic (exact) mass is 225 g/mol. The standard InChI is InChI=1S/C11H19N3O2/c1-4-12-10(11(15)16-5-2)8-14-7-6-9(3)13-14/h6-7,10,12H,4-5,8H2,1-3H3. The maximum atomic E-state index is 11.6. The Balaban J connectivity index is 2.60. The molecule has 0 fully saturated rings. The molecule has 1 N–H and O–H groups in total. The normalized spacial score (nSPS) is 12.4. The molecule has 1 atom stereocenters. The molecule has 0 aromatic carbocycles. The largest absolute Gasteiger partial charge is 0.465 e. The van der Waals surface area contributed by atoms with Crippen LogP contribution in [-0.4, -0.2) is 34.9 Å². The number of esters is 1. The molecule has 0 aliphatic heterocycles. The Kier molecular flexibility index (Phi) is 4.98. The Bertz CT molecular complexity index is 336. The molecule has 0 spiro atoms. The maximum Gasteiger partial charge on any atom is 0.325 e. The van der Waals surface area contributed by atoms with Crippen molar-refractivity contribution >= 4 is 5.97 Å². The molecule has 1 unspecified atom stereocenters. The second-order valence-corrected chi connectivity index (χ2v) is 3.54. The number of aryl methyl sites for hydroxylation is 1. The number of aromatic nitrogens is 2. The van der Waals surface area contributed by atoms with Crippen LogP contribution in [0.3, 0.4) is 0 Å². The Labute approximate surface area is 95.8 Å². The molecule has 1 aromatic rings. The van der Waals surface area contributed by atoms with E-state index < -0.39 is 0 Å². The predicted molar refractivity (Wildman–Crippen MR) is 61.1 cm³/mol. The average molecular weight is 225 g/mol. The third-order valence-electron chi connectivity index (χ3n) is 2.17. The number of ether oxygens (including phenoxy) is 1. The SMILES string of the molecule is CCNC(Cn1ccc(C)n1)C(=O)OCC. The Morgan fingerprint density at radius 3 is 2.88 bits per heavy atom. The van der Waals surface area contributed by atoms with E-state index in [0.717, 1.165) is 12.2 Å². The Morgan fingerprint density at radius 1 is 1.62 bits per heavy atom. The van der Waals surface area contributed by atoms with Crippen molar-refractivity contribution in [3.8, 4) is 0 Å². The number of likely N-dealkylation sites (N-methyl/N-ethyl adjacent to an activating group) is 1. The van der Waals surface area contributed by atoms with Gasteiger partial charge in [0.1, 0.15) is 6.04 Å². The molecule has 5 nitrogen and oxygen atoms in total. The first-order valence-corrected chi connectivity index (χ1v) is 5.57. The molecule has 0 saturated carbocycles. The summed E-state index contributed by atoms with van der Waals surface area (Å²) in [5.74, 6) is -0.225. The van der Waals surface area contributed by atoms with Gasteiger partial charge in [0.15, 0.2) is 0 Å². The molecule has 0 amide bonds. The molecule has 0 saturated heterocycles. The molecule has 16 heavy (non-hydrogen) atoms. The first kappa shape index (κ1) is 12.7. The lowest BCUT2D eigenvalue weighted by Gasteiger charge is -2.16. The fraction of sp³-hybridized carbons (Fsp3) is 0.636. The van der Waals surface area contributed by atoms with E-state index in [1.807, 2.05) is 26.1 Å². The molecule has 1 aromatic heterocycles. The van der Waals surface area contributed by atoms with Gasteiger partial charge in [0.2, 0.25) is 0 Å². The van der Waals surface area contributed by atoms with E-state index >= 15 is 0 Å². The number of nitrogens with zero attached hydrogens (tertiary/aromatic N) is 2. The van der Waals surface area contributed by atoms with E-state index in [2.05, 4.69) is 10.4 Å². The van der Waals surface area contributed by atoms with Gasteiger partial charge in [-0.15, -0.1) is 0 Å². The van der Waals surface area contributed by atoms with Gasteiger partial charge in [-0.25, -0.2) is 0 Å². The molecule has 0 aliphatic rings. The lowest BCUT2D eigenvalue weighted by Crippen LogP contribution is -2.41. The van der Waals surface area contributed by atoms with Gasteiger partial charge in [-0.1, -0.05) is 6.92 Å². The number of hydrogen-bond acceptors (Lipinski definition) is 4. The van der Waals surface area contributed by atoms with E-state index in [0.29, 0.717) is 13.2 Å². The summed E-state index contributed by atoms with van der Waals surface area (Å²) in [5, 5.41) is 7.33. The molecule has 1 heterocycles. The van der Waals surface area contributed by atoms with Crippen LogP contribution in [0.2, 0.25) is 0 Å². The molecule has 1 rings (SSSR count). The first-order valence-electron chi connectivity index (χ1n) is 5.57. The lowest BCUT2D eigenvalue weighted by atomic mass is 10.3. The topological polar surface area (TPSA) is 56.2 Å². The van der Waals surface area contributed by atoms with E-state index in [1.165, 1.54) is 0 Å². The van der Waals surface area contributed by atoms with Crippen molar-refractivity contribution in [1.82, 2.24) is 15.1 Å². The van der Waals surface area contributed by atoms with E-state index in [4.69, 9.17) is 4.74 Å². The number of nitrogens with one attached hydrogen (secondary N) is 1.